The molecule has 0 radical (unpaired) electrons. The third-order valence-corrected chi connectivity index (χ3v) is 5.13. The van der Waals surface area contributed by atoms with Crippen LogP contribution in [0.25, 0.3) is 6.08 Å². The number of ether oxygens (including phenoxy) is 6. The summed E-state index contributed by atoms with van der Waals surface area (Å²) in [4.78, 5) is 25.7. The smallest absolute Gasteiger partial charge is 0.363 e. The number of esters is 2. The van der Waals surface area contributed by atoms with E-state index in [1.165, 1.54) is 14.2 Å². The Morgan fingerprint density at radius 3 is 2.33 bits per heavy atom. The molecule has 0 bridgehead atoms. The number of fused-ring (bicyclic) bond motifs is 2. The fraction of sp³-hybridized carbons (Fsp3) is 0.273. The lowest BCUT2D eigenvalue weighted by Gasteiger charge is -2.27. The molecule has 1 atom stereocenters. The molecule has 2 aliphatic rings. The van der Waals surface area contributed by atoms with Gasteiger partial charge < -0.3 is 28.4 Å². The average molecular weight is 412 g/mol. The zero-order valence-corrected chi connectivity index (χ0v) is 16.7. The molecule has 0 aliphatic carbocycles. The van der Waals surface area contributed by atoms with Gasteiger partial charge in [0.15, 0.2) is 11.5 Å². The molecular formula is C22H20O8. The molecular weight excluding hydrogens is 392 g/mol. The van der Waals surface area contributed by atoms with Gasteiger partial charge in [-0.2, -0.15) is 0 Å². The average Bonchev–Trinajstić information content (AvgIpc) is 3.36. The molecule has 2 aliphatic heterocycles. The molecule has 0 N–H and O–H groups in total. The highest BCUT2D eigenvalue weighted by molar-refractivity contribution is 6.07. The summed E-state index contributed by atoms with van der Waals surface area (Å²) < 4.78 is 32.0. The maximum Gasteiger partial charge on any atom is 0.363 e. The summed E-state index contributed by atoms with van der Waals surface area (Å²) in [5.74, 6) is -0.674. The van der Waals surface area contributed by atoms with Crippen LogP contribution in [0.2, 0.25) is 0 Å². The Morgan fingerprint density at radius 1 is 1.00 bits per heavy atom. The highest BCUT2D eigenvalue weighted by Crippen LogP contribution is 2.52. The van der Waals surface area contributed by atoms with E-state index in [-0.39, 0.29) is 6.79 Å². The monoisotopic (exact) mass is 412 g/mol. The van der Waals surface area contributed by atoms with Gasteiger partial charge in [-0.15, -0.1) is 0 Å². The summed E-state index contributed by atoms with van der Waals surface area (Å²) in [5, 5.41) is 0. The van der Waals surface area contributed by atoms with E-state index >= 15 is 0 Å². The van der Waals surface area contributed by atoms with Crippen molar-refractivity contribution in [1.29, 1.82) is 0 Å². The van der Waals surface area contributed by atoms with Gasteiger partial charge in [0.2, 0.25) is 6.79 Å². The first-order valence-corrected chi connectivity index (χ1v) is 9.15. The van der Waals surface area contributed by atoms with Crippen molar-refractivity contribution in [2.75, 3.05) is 28.1 Å². The first kappa shape index (κ1) is 19.6. The fourth-order valence-electron chi connectivity index (χ4n) is 3.69. The Kier molecular flexibility index (Phi) is 4.99. The van der Waals surface area contributed by atoms with Crippen LogP contribution in [-0.2, 0) is 19.1 Å². The van der Waals surface area contributed by atoms with E-state index in [0.29, 0.717) is 28.6 Å². The quantitative estimate of drug-likeness (QED) is 0.547. The Hall–Kier alpha value is -3.68. The minimum atomic E-state index is -2.04. The zero-order chi connectivity index (χ0) is 21.3. The highest BCUT2D eigenvalue weighted by atomic mass is 16.7. The molecule has 0 amide bonds. The van der Waals surface area contributed by atoms with Crippen LogP contribution in [0, 0.1) is 0 Å². The van der Waals surface area contributed by atoms with Gasteiger partial charge in [-0.1, -0.05) is 30.4 Å². The molecule has 30 heavy (non-hydrogen) atoms. The van der Waals surface area contributed by atoms with E-state index < -0.39 is 23.5 Å². The summed E-state index contributed by atoms with van der Waals surface area (Å²) in [6.07, 6.45) is 3.45. The van der Waals surface area contributed by atoms with Crippen molar-refractivity contribution < 1.29 is 38.0 Å². The highest BCUT2D eigenvalue weighted by Gasteiger charge is 2.62. The van der Waals surface area contributed by atoms with Gasteiger partial charge in [0, 0.05) is 17.2 Å². The molecule has 2 aromatic carbocycles. The van der Waals surface area contributed by atoms with E-state index in [2.05, 4.69) is 0 Å². The van der Waals surface area contributed by atoms with E-state index in [4.69, 9.17) is 28.4 Å². The van der Waals surface area contributed by atoms with Crippen molar-refractivity contribution >= 4 is 18.0 Å². The SMILES string of the molecule is COC(=O)C1(C(=O)OC)Oc2cc3c(cc2[C@@H]1/C=C/c1ccccc1OC)OCO3. The van der Waals surface area contributed by atoms with Gasteiger partial charge in [-0.25, -0.2) is 9.59 Å². The van der Waals surface area contributed by atoms with Gasteiger partial charge >= 0.3 is 17.5 Å². The minimum absolute atomic E-state index is 0.0824. The van der Waals surface area contributed by atoms with Crippen LogP contribution in [0.3, 0.4) is 0 Å². The summed E-state index contributed by atoms with van der Waals surface area (Å²) in [6.45, 7) is 0.0824. The molecule has 0 aromatic heterocycles. The number of rotatable bonds is 5. The van der Waals surface area contributed by atoms with Crippen LogP contribution in [-0.4, -0.2) is 45.7 Å². The van der Waals surface area contributed by atoms with E-state index in [0.717, 1.165) is 5.56 Å². The van der Waals surface area contributed by atoms with Gasteiger partial charge in [0.05, 0.1) is 27.2 Å². The number of benzene rings is 2. The molecule has 0 unspecified atom stereocenters. The van der Waals surface area contributed by atoms with E-state index in [1.807, 2.05) is 24.3 Å². The molecule has 156 valence electrons. The van der Waals surface area contributed by atoms with Gasteiger partial charge in [-0.05, 0) is 12.1 Å². The maximum atomic E-state index is 12.8. The third-order valence-electron chi connectivity index (χ3n) is 5.13. The number of carbonyl (C=O) groups is 2. The predicted octanol–water partition coefficient (Wildman–Crippen LogP) is 2.70. The number of hydrogen-bond donors (Lipinski definition) is 0. The second kappa shape index (κ2) is 7.62. The Morgan fingerprint density at radius 2 is 1.67 bits per heavy atom. The van der Waals surface area contributed by atoms with Crippen molar-refractivity contribution in [2.45, 2.75) is 11.5 Å². The maximum absolute atomic E-state index is 12.8. The van der Waals surface area contributed by atoms with Crippen LogP contribution >= 0.6 is 0 Å². The first-order chi connectivity index (χ1) is 14.5. The normalized spacial score (nSPS) is 17.9. The predicted molar refractivity (Wildman–Crippen MR) is 105 cm³/mol. The molecule has 0 saturated carbocycles. The van der Waals surface area contributed by atoms with Crippen LogP contribution in [0.15, 0.2) is 42.5 Å². The lowest BCUT2D eigenvalue weighted by molar-refractivity contribution is -0.176. The molecule has 8 nitrogen and oxygen atoms in total. The van der Waals surface area contributed by atoms with Crippen LogP contribution in [0.5, 0.6) is 23.0 Å². The zero-order valence-electron chi connectivity index (χ0n) is 16.7. The number of hydrogen-bond acceptors (Lipinski definition) is 8. The van der Waals surface area contributed by atoms with Gasteiger partial charge in [0.25, 0.3) is 0 Å². The summed E-state index contributed by atoms with van der Waals surface area (Å²) in [5.41, 5.74) is -0.710. The Labute approximate surface area is 172 Å². The molecule has 2 aromatic rings. The van der Waals surface area contributed by atoms with Crippen molar-refractivity contribution in [3.05, 3.63) is 53.6 Å². The Bertz CT molecular complexity index is 1010. The first-order valence-electron chi connectivity index (χ1n) is 9.15. The van der Waals surface area contributed by atoms with Crippen LogP contribution in [0.1, 0.15) is 17.0 Å². The molecule has 0 fully saturated rings. The number of methoxy groups -OCH3 is 3. The third kappa shape index (κ3) is 2.92. The molecule has 2 heterocycles. The van der Waals surface area contributed by atoms with Gasteiger partial charge in [-0.3, -0.25) is 0 Å². The lowest BCUT2D eigenvalue weighted by atomic mass is 9.83. The Balaban J connectivity index is 1.87. The second-order valence-corrected chi connectivity index (χ2v) is 6.64. The van der Waals surface area contributed by atoms with Gasteiger partial charge in [0.1, 0.15) is 11.5 Å². The molecule has 0 saturated heterocycles. The largest absolute Gasteiger partial charge is 0.496 e. The number of para-hydroxylation sites is 1. The lowest BCUT2D eigenvalue weighted by Crippen LogP contribution is -2.54. The van der Waals surface area contributed by atoms with Crippen LogP contribution in [0.4, 0.5) is 0 Å². The fourth-order valence-corrected chi connectivity index (χ4v) is 3.69. The summed E-state index contributed by atoms with van der Waals surface area (Å²) >= 11 is 0. The molecule has 8 heteroatoms. The van der Waals surface area contributed by atoms with E-state index in [1.54, 1.807) is 31.4 Å². The van der Waals surface area contributed by atoms with Crippen molar-refractivity contribution in [3.63, 3.8) is 0 Å². The molecule has 0 spiro atoms. The van der Waals surface area contributed by atoms with Crippen molar-refractivity contribution in [2.24, 2.45) is 0 Å². The van der Waals surface area contributed by atoms with E-state index in [9.17, 15) is 9.59 Å². The summed E-state index contributed by atoms with van der Waals surface area (Å²) in [6, 6.07) is 10.7. The molecule has 4 rings (SSSR count). The summed E-state index contributed by atoms with van der Waals surface area (Å²) in [7, 11) is 3.94. The van der Waals surface area contributed by atoms with Crippen LogP contribution < -0.4 is 18.9 Å². The second-order valence-electron chi connectivity index (χ2n) is 6.64. The minimum Gasteiger partial charge on any atom is -0.496 e. The number of carbonyl (C=O) groups excluding carboxylic acids is 2. The standard InChI is InChI=1S/C22H20O8/c1-25-16-7-5-4-6-13(16)8-9-15-14-10-18-19(29-12-28-18)11-17(14)30-22(15,20(23)26-2)21(24)27-3/h4-11,15H,12H2,1-3H3/b9-8+/t15-/m0/s1. The van der Waals surface area contributed by atoms with Crippen molar-refractivity contribution in [3.8, 4) is 23.0 Å². The topological polar surface area (TPSA) is 89.5 Å². The van der Waals surface area contributed by atoms with Crippen molar-refractivity contribution in [1.82, 2.24) is 0 Å².